The molecule has 2 N–H and O–H groups in total. The van der Waals surface area contributed by atoms with Crippen molar-refractivity contribution in [2.45, 2.75) is 32.7 Å². The zero-order valence-corrected chi connectivity index (χ0v) is 9.73. The van der Waals surface area contributed by atoms with E-state index >= 15 is 0 Å². The lowest BCUT2D eigenvalue weighted by Crippen LogP contribution is -2.47. The Balaban J connectivity index is 2.53. The van der Waals surface area contributed by atoms with Crippen LogP contribution in [0.2, 0.25) is 0 Å². The second-order valence-electron chi connectivity index (χ2n) is 4.27. The van der Waals surface area contributed by atoms with Crippen molar-refractivity contribution in [1.82, 2.24) is 5.32 Å². The summed E-state index contributed by atoms with van der Waals surface area (Å²) < 4.78 is 5.10. The number of carbonyl (C=O) groups is 2. The fourth-order valence-electron chi connectivity index (χ4n) is 1.70. The maximum Gasteiger partial charge on any atom is 0.326 e. The summed E-state index contributed by atoms with van der Waals surface area (Å²) in [5, 5.41) is 11.6. The number of amides is 1. The molecule has 0 aromatic carbocycles. The number of rotatable bonds is 5. The molecule has 0 bridgehead atoms. The summed E-state index contributed by atoms with van der Waals surface area (Å²) >= 11 is 0. The molecule has 0 spiro atoms. The molecule has 1 saturated heterocycles. The van der Waals surface area contributed by atoms with Gasteiger partial charge in [-0.15, -0.1) is 0 Å². The third-order valence-electron chi connectivity index (χ3n) is 3.08. The van der Waals surface area contributed by atoms with Crippen molar-refractivity contribution in [2.24, 2.45) is 11.8 Å². The van der Waals surface area contributed by atoms with E-state index < -0.39 is 12.0 Å². The smallest absolute Gasteiger partial charge is 0.326 e. The molecule has 5 heteroatoms. The molecule has 5 nitrogen and oxygen atoms in total. The lowest BCUT2D eigenvalue weighted by atomic mass is 9.98. The minimum Gasteiger partial charge on any atom is -0.480 e. The summed E-state index contributed by atoms with van der Waals surface area (Å²) in [5.74, 6) is -1.43. The van der Waals surface area contributed by atoms with Crippen LogP contribution >= 0.6 is 0 Å². The summed E-state index contributed by atoms with van der Waals surface area (Å²) in [4.78, 5) is 22.7. The van der Waals surface area contributed by atoms with Crippen LogP contribution in [0.3, 0.4) is 0 Å². The molecule has 1 fully saturated rings. The first-order chi connectivity index (χ1) is 7.56. The van der Waals surface area contributed by atoms with Gasteiger partial charge in [-0.05, 0) is 12.3 Å². The van der Waals surface area contributed by atoms with Crippen LogP contribution in [0.25, 0.3) is 0 Å². The summed E-state index contributed by atoms with van der Waals surface area (Å²) in [6.45, 7) is 4.72. The SMILES string of the molecule is CCC(C)[C@H](NC(=O)C1CCOC1)C(=O)O. The molecular weight excluding hydrogens is 210 g/mol. The highest BCUT2D eigenvalue weighted by Gasteiger charge is 2.30. The number of carboxylic acid groups (broad SMARTS) is 1. The number of carbonyl (C=O) groups excluding carboxylic acids is 1. The van der Waals surface area contributed by atoms with E-state index in [9.17, 15) is 9.59 Å². The van der Waals surface area contributed by atoms with Crippen LogP contribution in [0.15, 0.2) is 0 Å². The molecular formula is C11H19NO4. The first-order valence-electron chi connectivity index (χ1n) is 5.67. The molecule has 16 heavy (non-hydrogen) atoms. The van der Waals surface area contributed by atoms with Crippen molar-refractivity contribution in [3.05, 3.63) is 0 Å². The van der Waals surface area contributed by atoms with E-state index in [2.05, 4.69) is 5.32 Å². The first-order valence-corrected chi connectivity index (χ1v) is 5.67. The quantitative estimate of drug-likeness (QED) is 0.725. The first kappa shape index (κ1) is 13.0. The highest BCUT2D eigenvalue weighted by Crippen LogP contribution is 2.14. The fourth-order valence-corrected chi connectivity index (χ4v) is 1.70. The zero-order valence-electron chi connectivity index (χ0n) is 9.73. The van der Waals surface area contributed by atoms with Gasteiger partial charge in [-0.25, -0.2) is 4.79 Å². The minimum atomic E-state index is -0.971. The molecule has 1 amide bonds. The van der Waals surface area contributed by atoms with E-state index in [-0.39, 0.29) is 17.7 Å². The number of nitrogens with one attached hydrogen (secondary N) is 1. The predicted octanol–water partition coefficient (Wildman–Crippen LogP) is 0.638. The van der Waals surface area contributed by atoms with Crippen molar-refractivity contribution < 1.29 is 19.4 Å². The molecule has 0 aliphatic carbocycles. The number of hydrogen-bond donors (Lipinski definition) is 2. The van der Waals surface area contributed by atoms with Crippen LogP contribution in [0, 0.1) is 11.8 Å². The van der Waals surface area contributed by atoms with E-state index in [4.69, 9.17) is 9.84 Å². The van der Waals surface area contributed by atoms with Crippen LogP contribution in [0.5, 0.6) is 0 Å². The fraction of sp³-hybridized carbons (Fsp3) is 0.818. The number of carboxylic acids is 1. The summed E-state index contributed by atoms with van der Waals surface area (Å²) in [5.41, 5.74) is 0. The summed E-state index contributed by atoms with van der Waals surface area (Å²) in [6, 6.07) is -0.793. The van der Waals surface area contributed by atoms with Crippen LogP contribution < -0.4 is 5.32 Å². The van der Waals surface area contributed by atoms with Crippen LogP contribution in [-0.4, -0.2) is 36.2 Å². The number of aliphatic carboxylic acids is 1. The molecule has 1 rings (SSSR count). The Labute approximate surface area is 95.2 Å². The lowest BCUT2D eigenvalue weighted by Gasteiger charge is -2.21. The van der Waals surface area contributed by atoms with E-state index in [1.54, 1.807) is 0 Å². The maximum atomic E-state index is 11.7. The molecule has 0 saturated carbocycles. The monoisotopic (exact) mass is 229 g/mol. The summed E-state index contributed by atoms with van der Waals surface area (Å²) in [7, 11) is 0. The minimum absolute atomic E-state index is 0.0660. The van der Waals surface area contributed by atoms with Gasteiger partial charge in [0.25, 0.3) is 0 Å². The number of hydrogen-bond acceptors (Lipinski definition) is 3. The molecule has 0 aromatic heterocycles. The molecule has 0 radical (unpaired) electrons. The second-order valence-corrected chi connectivity index (χ2v) is 4.27. The molecule has 1 heterocycles. The average molecular weight is 229 g/mol. The molecule has 92 valence electrons. The predicted molar refractivity (Wildman–Crippen MR) is 57.9 cm³/mol. The van der Waals surface area contributed by atoms with Gasteiger partial charge < -0.3 is 15.2 Å². The Morgan fingerprint density at radius 3 is 2.69 bits per heavy atom. The Morgan fingerprint density at radius 2 is 2.25 bits per heavy atom. The summed E-state index contributed by atoms with van der Waals surface area (Å²) in [6.07, 6.45) is 1.40. The van der Waals surface area contributed by atoms with Crippen LogP contribution in [-0.2, 0) is 14.3 Å². The third kappa shape index (κ3) is 3.20. The lowest BCUT2D eigenvalue weighted by molar-refractivity contribution is -0.144. The van der Waals surface area contributed by atoms with Crippen molar-refractivity contribution in [3.63, 3.8) is 0 Å². The normalized spacial score (nSPS) is 23.8. The molecule has 1 aliphatic rings. The Morgan fingerprint density at radius 1 is 1.56 bits per heavy atom. The van der Waals surface area contributed by atoms with E-state index in [1.165, 1.54) is 0 Å². The standard InChI is InChI=1S/C11H19NO4/c1-3-7(2)9(11(14)15)12-10(13)8-4-5-16-6-8/h7-9H,3-6H2,1-2H3,(H,12,13)(H,14,15)/t7?,8?,9-/m0/s1. The van der Waals surface area contributed by atoms with Gasteiger partial charge in [0.1, 0.15) is 6.04 Å². The second kappa shape index (κ2) is 5.84. The van der Waals surface area contributed by atoms with Crippen molar-refractivity contribution in [2.75, 3.05) is 13.2 Å². The topological polar surface area (TPSA) is 75.6 Å². The molecule has 2 unspecified atom stereocenters. The van der Waals surface area contributed by atoms with Gasteiger partial charge in [-0.3, -0.25) is 4.79 Å². The molecule has 3 atom stereocenters. The van der Waals surface area contributed by atoms with Gasteiger partial charge in [0.05, 0.1) is 12.5 Å². The van der Waals surface area contributed by atoms with Gasteiger partial charge >= 0.3 is 5.97 Å². The largest absolute Gasteiger partial charge is 0.480 e. The molecule has 0 aromatic rings. The van der Waals surface area contributed by atoms with Gasteiger partial charge in [0, 0.05) is 6.61 Å². The van der Waals surface area contributed by atoms with Gasteiger partial charge in [-0.2, -0.15) is 0 Å². The van der Waals surface area contributed by atoms with E-state index in [0.29, 0.717) is 19.6 Å². The van der Waals surface area contributed by atoms with Gasteiger partial charge in [0.2, 0.25) is 5.91 Å². The van der Waals surface area contributed by atoms with Gasteiger partial charge in [0.15, 0.2) is 0 Å². The van der Waals surface area contributed by atoms with Gasteiger partial charge in [-0.1, -0.05) is 20.3 Å². The van der Waals surface area contributed by atoms with Crippen LogP contribution in [0.4, 0.5) is 0 Å². The Kier molecular flexibility index (Phi) is 4.73. The highest BCUT2D eigenvalue weighted by molar-refractivity contribution is 5.85. The third-order valence-corrected chi connectivity index (χ3v) is 3.08. The van der Waals surface area contributed by atoms with Crippen molar-refractivity contribution in [3.8, 4) is 0 Å². The highest BCUT2D eigenvalue weighted by atomic mass is 16.5. The zero-order chi connectivity index (χ0) is 12.1. The van der Waals surface area contributed by atoms with Crippen molar-refractivity contribution >= 4 is 11.9 Å². The molecule has 1 aliphatic heterocycles. The maximum absolute atomic E-state index is 11.7. The Hall–Kier alpha value is -1.10. The van der Waals surface area contributed by atoms with E-state index in [0.717, 1.165) is 6.42 Å². The van der Waals surface area contributed by atoms with E-state index in [1.807, 2.05) is 13.8 Å². The van der Waals surface area contributed by atoms with Crippen LogP contribution in [0.1, 0.15) is 26.7 Å². The average Bonchev–Trinajstić information content (AvgIpc) is 2.77. The van der Waals surface area contributed by atoms with Crippen molar-refractivity contribution in [1.29, 1.82) is 0 Å². The Bertz CT molecular complexity index is 261. The number of ether oxygens (including phenoxy) is 1.